The molecule has 0 saturated carbocycles. The smallest absolute Gasteiger partial charge is 0.330 e. The first-order valence-electron chi connectivity index (χ1n) is 3.95. The van der Waals surface area contributed by atoms with Crippen LogP contribution < -0.4 is 0 Å². The Morgan fingerprint density at radius 1 is 1.47 bits per heavy atom. The van der Waals surface area contributed by atoms with Crippen LogP contribution in [0.5, 0.6) is 0 Å². The normalized spacial score (nSPS) is 10.7. The monoisotopic (exact) mass is 336 g/mol. The Hall–Kier alpha value is -0.680. The number of benzene rings is 1. The van der Waals surface area contributed by atoms with Crippen LogP contribution in [0.25, 0.3) is 6.08 Å². The van der Waals surface area contributed by atoms with Crippen LogP contribution >= 0.6 is 31.9 Å². The van der Waals surface area contributed by atoms with E-state index in [9.17, 15) is 9.18 Å². The quantitative estimate of drug-likeness (QED) is 0.609. The van der Waals surface area contributed by atoms with E-state index in [-0.39, 0.29) is 0 Å². The zero-order valence-corrected chi connectivity index (χ0v) is 10.9. The molecule has 80 valence electrons. The highest BCUT2D eigenvalue weighted by atomic mass is 79.9. The summed E-state index contributed by atoms with van der Waals surface area (Å²) in [6.07, 6.45) is 2.52. The van der Waals surface area contributed by atoms with E-state index in [0.29, 0.717) is 14.5 Å². The molecule has 5 heteroatoms. The van der Waals surface area contributed by atoms with Gasteiger partial charge in [0.05, 0.1) is 7.11 Å². The molecule has 0 aromatic heterocycles. The van der Waals surface area contributed by atoms with Gasteiger partial charge in [0.25, 0.3) is 0 Å². The van der Waals surface area contributed by atoms with Gasteiger partial charge in [-0.2, -0.15) is 0 Å². The fraction of sp³-hybridized carbons (Fsp3) is 0.100. The van der Waals surface area contributed by atoms with Crippen molar-refractivity contribution in [2.24, 2.45) is 0 Å². The summed E-state index contributed by atoms with van der Waals surface area (Å²) in [6.45, 7) is 0. The van der Waals surface area contributed by atoms with E-state index >= 15 is 0 Å². The van der Waals surface area contributed by atoms with Crippen LogP contribution in [-0.2, 0) is 9.53 Å². The second kappa shape index (κ2) is 5.42. The maximum absolute atomic E-state index is 13.4. The number of ether oxygens (including phenoxy) is 1. The minimum Gasteiger partial charge on any atom is -0.466 e. The van der Waals surface area contributed by atoms with Crippen molar-refractivity contribution in [1.82, 2.24) is 0 Å². The number of hydrogen-bond donors (Lipinski definition) is 0. The molecule has 0 bridgehead atoms. The molecule has 1 aromatic rings. The molecule has 0 radical (unpaired) electrons. The van der Waals surface area contributed by atoms with Crippen molar-refractivity contribution in [2.45, 2.75) is 0 Å². The van der Waals surface area contributed by atoms with Gasteiger partial charge in [-0.1, -0.05) is 31.9 Å². The van der Waals surface area contributed by atoms with Crippen LogP contribution in [0.2, 0.25) is 0 Å². The SMILES string of the molecule is COC(=O)C=Cc1c(F)cc(Br)cc1Br. The van der Waals surface area contributed by atoms with E-state index in [2.05, 4.69) is 36.6 Å². The maximum Gasteiger partial charge on any atom is 0.330 e. The van der Waals surface area contributed by atoms with Crippen LogP contribution in [0.15, 0.2) is 27.2 Å². The summed E-state index contributed by atoms with van der Waals surface area (Å²) in [6, 6.07) is 3.02. The highest BCUT2D eigenvalue weighted by molar-refractivity contribution is 9.11. The summed E-state index contributed by atoms with van der Waals surface area (Å²) in [5, 5.41) is 0. The van der Waals surface area contributed by atoms with Gasteiger partial charge in [0.1, 0.15) is 5.82 Å². The maximum atomic E-state index is 13.4. The van der Waals surface area contributed by atoms with E-state index in [1.165, 1.54) is 19.3 Å². The van der Waals surface area contributed by atoms with Crippen molar-refractivity contribution >= 4 is 43.9 Å². The van der Waals surface area contributed by atoms with Gasteiger partial charge < -0.3 is 4.74 Å². The number of hydrogen-bond acceptors (Lipinski definition) is 2. The van der Waals surface area contributed by atoms with Crippen molar-refractivity contribution < 1.29 is 13.9 Å². The lowest BCUT2D eigenvalue weighted by atomic mass is 10.2. The van der Waals surface area contributed by atoms with Gasteiger partial charge in [-0.15, -0.1) is 0 Å². The molecule has 0 spiro atoms. The zero-order chi connectivity index (χ0) is 11.4. The molecule has 0 aliphatic heterocycles. The molecule has 0 aliphatic rings. The Balaban J connectivity index is 3.05. The summed E-state index contributed by atoms with van der Waals surface area (Å²) in [4.78, 5) is 10.8. The molecule has 0 amide bonds. The van der Waals surface area contributed by atoms with Gasteiger partial charge >= 0.3 is 5.97 Å². The number of halogens is 3. The predicted molar refractivity (Wildman–Crippen MR) is 62.9 cm³/mol. The van der Waals surface area contributed by atoms with Gasteiger partial charge in [0, 0.05) is 20.6 Å². The lowest BCUT2D eigenvalue weighted by Crippen LogP contribution is -1.94. The Bertz CT molecular complexity index is 393. The van der Waals surface area contributed by atoms with Crippen LogP contribution in [-0.4, -0.2) is 13.1 Å². The first kappa shape index (κ1) is 12.4. The molecule has 0 aliphatic carbocycles. The predicted octanol–water partition coefficient (Wildman–Crippen LogP) is 3.54. The zero-order valence-electron chi connectivity index (χ0n) is 7.76. The number of carbonyl (C=O) groups is 1. The van der Waals surface area contributed by atoms with E-state index in [0.717, 1.165) is 6.08 Å². The lowest BCUT2D eigenvalue weighted by molar-refractivity contribution is -0.134. The fourth-order valence-electron chi connectivity index (χ4n) is 0.932. The molecule has 0 N–H and O–H groups in total. The average Bonchev–Trinajstić information content (AvgIpc) is 2.15. The molecule has 0 heterocycles. The van der Waals surface area contributed by atoms with Gasteiger partial charge in [0.2, 0.25) is 0 Å². The average molecular weight is 338 g/mol. The minimum absolute atomic E-state index is 0.309. The number of carbonyl (C=O) groups excluding carboxylic acids is 1. The molecular formula is C10H7Br2FO2. The molecule has 15 heavy (non-hydrogen) atoms. The molecule has 0 unspecified atom stereocenters. The fourth-order valence-corrected chi connectivity index (χ4v) is 2.24. The second-order valence-electron chi connectivity index (χ2n) is 2.64. The van der Waals surface area contributed by atoms with Crippen LogP contribution in [0, 0.1) is 5.82 Å². The van der Waals surface area contributed by atoms with E-state index in [4.69, 9.17) is 0 Å². The molecule has 0 atom stereocenters. The molecule has 0 fully saturated rings. The van der Waals surface area contributed by atoms with Crippen molar-refractivity contribution in [1.29, 1.82) is 0 Å². The Morgan fingerprint density at radius 2 is 2.13 bits per heavy atom. The van der Waals surface area contributed by atoms with Crippen molar-refractivity contribution in [3.63, 3.8) is 0 Å². The molecule has 2 nitrogen and oxygen atoms in total. The van der Waals surface area contributed by atoms with E-state index < -0.39 is 11.8 Å². The van der Waals surface area contributed by atoms with Crippen molar-refractivity contribution in [3.8, 4) is 0 Å². The first-order chi connectivity index (χ1) is 7.04. The minimum atomic E-state index is -0.524. The van der Waals surface area contributed by atoms with E-state index in [1.54, 1.807) is 6.07 Å². The molecular weight excluding hydrogens is 331 g/mol. The molecule has 1 rings (SSSR count). The second-order valence-corrected chi connectivity index (χ2v) is 4.41. The third-order valence-corrected chi connectivity index (χ3v) is 2.75. The van der Waals surface area contributed by atoms with Crippen LogP contribution in [0.4, 0.5) is 4.39 Å². The largest absolute Gasteiger partial charge is 0.466 e. The third kappa shape index (κ3) is 3.43. The summed E-state index contributed by atoms with van der Waals surface area (Å²) in [5.41, 5.74) is 0.309. The Kier molecular flexibility index (Phi) is 4.47. The third-order valence-electron chi connectivity index (χ3n) is 1.63. The lowest BCUT2D eigenvalue weighted by Gasteiger charge is -2.01. The first-order valence-corrected chi connectivity index (χ1v) is 5.53. The van der Waals surface area contributed by atoms with Gasteiger partial charge in [-0.3, -0.25) is 0 Å². The summed E-state index contributed by atoms with van der Waals surface area (Å²) in [5.74, 6) is -0.944. The van der Waals surface area contributed by atoms with Crippen molar-refractivity contribution in [2.75, 3.05) is 7.11 Å². The Labute approximate surface area is 103 Å². The molecule has 1 aromatic carbocycles. The van der Waals surface area contributed by atoms with Crippen LogP contribution in [0.1, 0.15) is 5.56 Å². The summed E-state index contributed by atoms with van der Waals surface area (Å²) >= 11 is 6.35. The Morgan fingerprint density at radius 3 is 2.67 bits per heavy atom. The highest BCUT2D eigenvalue weighted by Gasteiger charge is 2.06. The van der Waals surface area contributed by atoms with Crippen LogP contribution in [0.3, 0.4) is 0 Å². The van der Waals surface area contributed by atoms with E-state index in [1.807, 2.05) is 0 Å². The number of rotatable bonds is 2. The molecule has 0 saturated heterocycles. The van der Waals surface area contributed by atoms with Gasteiger partial charge in [0.15, 0.2) is 0 Å². The van der Waals surface area contributed by atoms with Gasteiger partial charge in [-0.25, -0.2) is 9.18 Å². The number of methoxy groups -OCH3 is 1. The highest BCUT2D eigenvalue weighted by Crippen LogP contribution is 2.26. The topological polar surface area (TPSA) is 26.3 Å². The van der Waals surface area contributed by atoms with Gasteiger partial charge in [-0.05, 0) is 18.2 Å². The summed E-state index contributed by atoms with van der Waals surface area (Å²) in [7, 11) is 1.26. The van der Waals surface area contributed by atoms with Crippen molar-refractivity contribution in [3.05, 3.63) is 38.5 Å². The number of esters is 1. The summed E-state index contributed by atoms with van der Waals surface area (Å²) < 4.78 is 19.0. The standard InChI is InChI=1S/C10H7Br2FO2/c1-15-10(14)3-2-7-8(12)4-6(11)5-9(7)13/h2-5H,1H3.